The highest BCUT2D eigenvalue weighted by atomic mass is 32.2. The molecule has 0 bridgehead atoms. The molecule has 6 rings (SSSR count). The smallest absolute Gasteiger partial charge is 0.417 e. The number of nitrogens with zero attached hydrogens (tertiary/aromatic N) is 5. The highest BCUT2D eigenvalue weighted by molar-refractivity contribution is 7.87. The molecule has 288 valence electrons. The summed E-state index contributed by atoms with van der Waals surface area (Å²) in [6, 6.07) is 3.71. The Hall–Kier alpha value is -4.19. The Morgan fingerprint density at radius 1 is 1.02 bits per heavy atom. The average Bonchev–Trinajstić information content (AvgIpc) is 3.66. The summed E-state index contributed by atoms with van der Waals surface area (Å²) < 4.78 is 83.8. The van der Waals surface area contributed by atoms with Gasteiger partial charge in [-0.25, -0.2) is 9.52 Å². The quantitative estimate of drug-likeness (QED) is 0.340. The van der Waals surface area contributed by atoms with Gasteiger partial charge in [-0.2, -0.15) is 25.9 Å². The lowest BCUT2D eigenvalue weighted by Gasteiger charge is -2.41. The first kappa shape index (κ1) is 38.5. The van der Waals surface area contributed by atoms with E-state index in [2.05, 4.69) is 22.9 Å². The molecule has 0 radical (unpaired) electrons. The number of carbonyl (C=O) groups is 2. The number of alkyl halides is 3. The van der Waals surface area contributed by atoms with Crippen molar-refractivity contribution in [1.29, 1.82) is 0 Å². The first-order chi connectivity index (χ1) is 24.9. The number of benzene rings is 2. The van der Waals surface area contributed by atoms with Crippen LogP contribution in [0, 0.1) is 13.8 Å². The molecule has 1 atom stereocenters. The molecule has 0 spiro atoms. The van der Waals surface area contributed by atoms with Gasteiger partial charge in [0, 0.05) is 82.8 Å². The summed E-state index contributed by atoms with van der Waals surface area (Å²) in [5, 5.41) is 0.751. The second-order valence-electron chi connectivity index (χ2n) is 14.3. The Kier molecular flexibility index (Phi) is 10.6. The standard InChI is InChI=1S/C36H45F3N6O7S/c1-21-15-29(43-14-13-42(5)23(18-43)20-51-6)22(2)32-31(21)24-9-12-44(19-27(24)35(48)52-32)34(47)25-17-30(41(3)4)26(16-28(25)36(37,38)39)33(46)40-53(49,50)45-10-7-8-11-45/h15-17,23H,7-14,18-20H2,1-6H3,(H,40,46)/t23-/m1/s1. The molecule has 4 heterocycles. The number of nitrogens with one attached hydrogen (secondary N) is 1. The first-order valence-corrected chi connectivity index (χ1v) is 18.9. The number of rotatable bonds is 8. The summed E-state index contributed by atoms with van der Waals surface area (Å²) >= 11 is 0. The predicted octanol–water partition coefficient (Wildman–Crippen LogP) is 3.53. The molecule has 53 heavy (non-hydrogen) atoms. The Labute approximate surface area is 306 Å². The maximum Gasteiger partial charge on any atom is 0.417 e. The van der Waals surface area contributed by atoms with Crippen LogP contribution in [-0.4, -0.2) is 115 Å². The lowest BCUT2D eigenvalue weighted by atomic mass is 9.92. The van der Waals surface area contributed by atoms with E-state index in [0.717, 1.165) is 52.2 Å². The number of piperazine rings is 1. The van der Waals surface area contributed by atoms with Crippen molar-refractivity contribution in [3.63, 3.8) is 0 Å². The normalized spacial score (nSPS) is 18.8. The van der Waals surface area contributed by atoms with Crippen LogP contribution in [0.25, 0.3) is 11.0 Å². The maximum absolute atomic E-state index is 14.6. The van der Waals surface area contributed by atoms with Crippen molar-refractivity contribution < 1.29 is 40.3 Å². The molecule has 17 heteroatoms. The van der Waals surface area contributed by atoms with Crippen LogP contribution in [0.2, 0.25) is 0 Å². The van der Waals surface area contributed by atoms with Gasteiger partial charge in [0.05, 0.1) is 41.4 Å². The fourth-order valence-electron chi connectivity index (χ4n) is 7.68. The Balaban J connectivity index is 1.34. The third kappa shape index (κ3) is 7.35. The molecule has 1 aromatic heterocycles. The molecule has 1 N–H and O–H groups in total. The molecule has 3 aliphatic rings. The Morgan fingerprint density at radius 3 is 2.36 bits per heavy atom. The lowest BCUT2D eigenvalue weighted by molar-refractivity contribution is -0.138. The van der Waals surface area contributed by atoms with Gasteiger partial charge in [-0.15, -0.1) is 0 Å². The number of fused-ring (bicyclic) bond motifs is 3. The van der Waals surface area contributed by atoms with E-state index in [1.54, 1.807) is 7.11 Å². The molecular weight excluding hydrogens is 717 g/mol. The third-order valence-corrected chi connectivity index (χ3v) is 12.1. The summed E-state index contributed by atoms with van der Waals surface area (Å²) in [6.07, 6.45) is -3.69. The van der Waals surface area contributed by atoms with Crippen molar-refractivity contribution in [2.75, 3.05) is 83.9 Å². The van der Waals surface area contributed by atoms with Crippen molar-refractivity contribution in [3.05, 3.63) is 67.6 Å². The first-order valence-electron chi connectivity index (χ1n) is 17.5. The molecule has 2 aromatic carbocycles. The van der Waals surface area contributed by atoms with Crippen LogP contribution in [0.1, 0.15) is 61.4 Å². The maximum atomic E-state index is 14.6. The van der Waals surface area contributed by atoms with Gasteiger partial charge in [0.2, 0.25) is 0 Å². The molecule has 0 saturated carbocycles. The number of aryl methyl sites for hydroxylation is 2. The minimum absolute atomic E-state index is 0.0205. The van der Waals surface area contributed by atoms with Gasteiger partial charge < -0.3 is 23.9 Å². The van der Waals surface area contributed by atoms with E-state index < -0.39 is 50.5 Å². The number of likely N-dealkylation sites (N-methyl/N-ethyl adjacent to an activating group) is 1. The largest absolute Gasteiger partial charge is 0.422 e. The fourth-order valence-corrected chi connectivity index (χ4v) is 8.89. The van der Waals surface area contributed by atoms with Crippen LogP contribution < -0.4 is 20.1 Å². The van der Waals surface area contributed by atoms with Crippen molar-refractivity contribution in [3.8, 4) is 0 Å². The molecule has 0 unspecified atom stereocenters. The van der Waals surface area contributed by atoms with E-state index in [-0.39, 0.29) is 49.9 Å². The number of methoxy groups -OCH3 is 1. The van der Waals surface area contributed by atoms with Crippen LogP contribution in [0.3, 0.4) is 0 Å². The molecule has 2 fully saturated rings. The lowest BCUT2D eigenvalue weighted by Crippen LogP contribution is -2.53. The van der Waals surface area contributed by atoms with E-state index in [0.29, 0.717) is 36.7 Å². The van der Waals surface area contributed by atoms with Gasteiger partial charge in [-0.05, 0) is 69.5 Å². The van der Waals surface area contributed by atoms with Gasteiger partial charge in [-0.1, -0.05) is 0 Å². The van der Waals surface area contributed by atoms with Crippen molar-refractivity contribution in [1.82, 2.24) is 18.8 Å². The zero-order valence-electron chi connectivity index (χ0n) is 30.7. The van der Waals surface area contributed by atoms with Gasteiger partial charge in [0.25, 0.3) is 11.8 Å². The van der Waals surface area contributed by atoms with Gasteiger partial charge in [-0.3, -0.25) is 14.5 Å². The Bertz CT molecular complexity index is 2110. The number of halogens is 3. The van der Waals surface area contributed by atoms with E-state index in [4.69, 9.17) is 9.15 Å². The molecule has 0 aliphatic carbocycles. The van der Waals surface area contributed by atoms with E-state index in [1.807, 2.05) is 18.6 Å². The third-order valence-electron chi connectivity index (χ3n) is 10.6. The van der Waals surface area contributed by atoms with E-state index in [9.17, 15) is 36.0 Å². The van der Waals surface area contributed by atoms with E-state index in [1.165, 1.54) is 23.9 Å². The van der Waals surface area contributed by atoms with Crippen LogP contribution in [0.15, 0.2) is 27.4 Å². The summed E-state index contributed by atoms with van der Waals surface area (Å²) in [5.41, 5.74) is 0.498. The topological polar surface area (TPSA) is 136 Å². The number of hydrogen-bond donors (Lipinski definition) is 1. The van der Waals surface area contributed by atoms with Crippen LogP contribution >= 0.6 is 0 Å². The monoisotopic (exact) mass is 762 g/mol. The molecular formula is C36H45F3N6O7S. The van der Waals surface area contributed by atoms with Crippen LogP contribution in [0.4, 0.5) is 24.5 Å². The number of amides is 2. The zero-order valence-corrected chi connectivity index (χ0v) is 31.5. The summed E-state index contributed by atoms with van der Waals surface area (Å²) in [5.74, 6) is -2.25. The summed E-state index contributed by atoms with van der Waals surface area (Å²) in [7, 11) is 2.36. The highest BCUT2D eigenvalue weighted by Gasteiger charge is 2.40. The van der Waals surface area contributed by atoms with Gasteiger partial charge in [0.1, 0.15) is 5.58 Å². The summed E-state index contributed by atoms with van der Waals surface area (Å²) in [4.78, 5) is 47.8. The van der Waals surface area contributed by atoms with Crippen molar-refractivity contribution >= 4 is 44.4 Å². The minimum atomic E-state index is -5.08. The second-order valence-corrected chi connectivity index (χ2v) is 15.9. The number of anilines is 2. The van der Waals surface area contributed by atoms with Crippen LogP contribution in [-0.2, 0) is 34.1 Å². The van der Waals surface area contributed by atoms with Gasteiger partial charge >= 0.3 is 22.0 Å². The summed E-state index contributed by atoms with van der Waals surface area (Å²) in [6.45, 7) is 6.83. The molecule has 3 aliphatic heterocycles. The SMILES string of the molecule is COC[C@H]1CN(c2cc(C)c3c4c(c(=O)oc3c2C)CN(C(=O)c2cc(N(C)C)c(C(=O)NS(=O)(=O)N3CCCC3)cc2C(F)(F)F)CC4)CCN1C. The second kappa shape index (κ2) is 14.6. The predicted molar refractivity (Wildman–Crippen MR) is 194 cm³/mol. The fraction of sp³-hybridized carbons (Fsp3) is 0.528. The van der Waals surface area contributed by atoms with Crippen LogP contribution in [0.5, 0.6) is 0 Å². The molecule has 13 nitrogen and oxygen atoms in total. The molecule has 2 amide bonds. The molecule has 3 aromatic rings. The Morgan fingerprint density at radius 2 is 1.72 bits per heavy atom. The van der Waals surface area contributed by atoms with E-state index >= 15 is 0 Å². The highest BCUT2D eigenvalue weighted by Crippen LogP contribution is 2.39. The number of ether oxygens (including phenoxy) is 1. The molecule has 2 saturated heterocycles. The van der Waals surface area contributed by atoms with Gasteiger partial charge in [0.15, 0.2) is 0 Å². The number of carbonyl (C=O) groups excluding carboxylic acids is 2. The zero-order chi connectivity index (χ0) is 38.6. The number of hydrogen-bond acceptors (Lipinski definition) is 10. The minimum Gasteiger partial charge on any atom is -0.422 e. The van der Waals surface area contributed by atoms with Crippen molar-refractivity contribution in [2.24, 2.45) is 0 Å². The average molecular weight is 763 g/mol. The van der Waals surface area contributed by atoms with Crippen molar-refractivity contribution in [2.45, 2.75) is 51.9 Å².